The molecule has 28 heavy (non-hydrogen) atoms. The van der Waals surface area contributed by atoms with Crippen LogP contribution in [0.1, 0.15) is 45.5 Å². The molecule has 1 saturated heterocycles. The van der Waals surface area contributed by atoms with E-state index >= 15 is 0 Å². The molecule has 142 valence electrons. The summed E-state index contributed by atoms with van der Waals surface area (Å²) in [6.45, 7) is 2.12. The molecule has 2 N–H and O–H groups in total. The smallest absolute Gasteiger partial charge is 0.253 e. The first-order valence-electron chi connectivity index (χ1n) is 9.64. The van der Waals surface area contributed by atoms with Crippen molar-refractivity contribution >= 4 is 34.3 Å². The molecule has 0 saturated carbocycles. The Balaban J connectivity index is 1.54. The van der Waals surface area contributed by atoms with Gasteiger partial charge in [-0.25, -0.2) is 0 Å². The fourth-order valence-corrected chi connectivity index (χ4v) is 4.45. The molecule has 0 atom stereocenters. The maximum atomic E-state index is 12.8. The molecule has 1 fully saturated rings. The van der Waals surface area contributed by atoms with Gasteiger partial charge >= 0.3 is 0 Å². The molecule has 5 rings (SSSR count). The van der Waals surface area contributed by atoms with Crippen LogP contribution in [0.25, 0.3) is 22.2 Å². The second-order valence-corrected chi connectivity index (χ2v) is 7.88. The average molecular weight is 394 g/mol. The fraction of sp³-hybridized carbons (Fsp3) is 0.273. The van der Waals surface area contributed by atoms with E-state index in [0.29, 0.717) is 22.7 Å². The van der Waals surface area contributed by atoms with Crippen molar-refractivity contribution in [3.05, 3.63) is 58.1 Å². The van der Waals surface area contributed by atoms with Gasteiger partial charge in [0.1, 0.15) is 0 Å². The Morgan fingerprint density at radius 2 is 1.86 bits per heavy atom. The monoisotopic (exact) mass is 393 g/mol. The quantitative estimate of drug-likeness (QED) is 0.679. The Bertz CT molecular complexity index is 1110. The standard InChI is InChI=1S/C22H20ClN3O2/c23-17-6-5-15(20-16(17)12-24-21(20)27)19-11-14-10-13(4-7-18(14)25-19)22(28)26-8-2-1-3-9-26/h4-7,10-11,25H,1-3,8-9,12H2,(H,24,27). The lowest BCUT2D eigenvalue weighted by molar-refractivity contribution is 0.0724. The topological polar surface area (TPSA) is 65.2 Å². The SMILES string of the molecule is O=C1NCc2c(Cl)ccc(-c3cc4cc(C(=O)N5CCCCC5)ccc4[nH]3)c21. The van der Waals surface area contributed by atoms with Gasteiger partial charge in [0.05, 0.1) is 5.56 Å². The lowest BCUT2D eigenvalue weighted by atomic mass is 10.0. The van der Waals surface area contributed by atoms with Gasteiger partial charge in [0, 0.05) is 57.9 Å². The molecule has 2 aliphatic rings. The number of carbonyl (C=O) groups excluding carboxylic acids is 2. The van der Waals surface area contributed by atoms with Crippen LogP contribution in [0, 0.1) is 0 Å². The molecule has 1 aromatic heterocycles. The number of hydrogen-bond acceptors (Lipinski definition) is 2. The highest BCUT2D eigenvalue weighted by Gasteiger charge is 2.26. The molecule has 2 amide bonds. The number of halogens is 1. The van der Waals surface area contributed by atoms with Crippen LogP contribution in [0.2, 0.25) is 5.02 Å². The van der Waals surface area contributed by atoms with E-state index in [-0.39, 0.29) is 11.8 Å². The number of fused-ring (bicyclic) bond motifs is 2. The number of nitrogens with zero attached hydrogens (tertiary/aromatic N) is 1. The zero-order chi connectivity index (χ0) is 19.3. The van der Waals surface area contributed by atoms with Gasteiger partial charge in [-0.15, -0.1) is 0 Å². The lowest BCUT2D eigenvalue weighted by Crippen LogP contribution is -2.35. The van der Waals surface area contributed by atoms with Gasteiger partial charge in [-0.1, -0.05) is 17.7 Å². The Morgan fingerprint density at radius 3 is 2.68 bits per heavy atom. The van der Waals surface area contributed by atoms with Crippen molar-refractivity contribution in [2.24, 2.45) is 0 Å². The molecule has 0 radical (unpaired) electrons. The Hall–Kier alpha value is -2.79. The molecule has 0 aliphatic carbocycles. The number of aromatic nitrogens is 1. The number of H-pyrrole nitrogens is 1. The van der Waals surface area contributed by atoms with Crippen LogP contribution < -0.4 is 5.32 Å². The largest absolute Gasteiger partial charge is 0.355 e. The number of carbonyl (C=O) groups is 2. The molecule has 2 aliphatic heterocycles. The first-order valence-corrected chi connectivity index (χ1v) is 10.0. The molecule has 3 aromatic rings. The van der Waals surface area contributed by atoms with Gasteiger partial charge in [0.25, 0.3) is 11.8 Å². The van der Waals surface area contributed by atoms with Crippen LogP contribution in [-0.4, -0.2) is 34.8 Å². The molecule has 0 unspecified atom stereocenters. The minimum Gasteiger partial charge on any atom is -0.355 e. The molecule has 0 spiro atoms. The molecule has 3 heterocycles. The molecule has 6 heteroatoms. The van der Waals surface area contributed by atoms with E-state index in [1.165, 1.54) is 6.42 Å². The second kappa shape index (κ2) is 6.67. The van der Waals surface area contributed by atoms with Crippen LogP contribution in [-0.2, 0) is 6.54 Å². The zero-order valence-corrected chi connectivity index (χ0v) is 16.1. The summed E-state index contributed by atoms with van der Waals surface area (Å²) in [6.07, 6.45) is 3.35. The van der Waals surface area contributed by atoms with Gasteiger partial charge in [-0.2, -0.15) is 0 Å². The first-order chi connectivity index (χ1) is 13.6. The van der Waals surface area contributed by atoms with Crippen molar-refractivity contribution in [1.82, 2.24) is 15.2 Å². The third kappa shape index (κ3) is 2.78. The van der Waals surface area contributed by atoms with Crippen molar-refractivity contribution < 1.29 is 9.59 Å². The summed E-state index contributed by atoms with van der Waals surface area (Å²) in [6, 6.07) is 11.4. The number of piperidine rings is 1. The van der Waals surface area contributed by atoms with E-state index in [1.807, 2.05) is 41.3 Å². The number of rotatable bonds is 2. The highest BCUT2D eigenvalue weighted by molar-refractivity contribution is 6.32. The normalized spacial score (nSPS) is 16.3. The summed E-state index contributed by atoms with van der Waals surface area (Å²) in [4.78, 5) is 30.4. The van der Waals surface area contributed by atoms with Crippen LogP contribution in [0.3, 0.4) is 0 Å². The highest BCUT2D eigenvalue weighted by Crippen LogP contribution is 2.34. The summed E-state index contributed by atoms with van der Waals surface area (Å²) in [5.74, 6) is -0.0109. The van der Waals surface area contributed by atoms with Crippen molar-refractivity contribution in [2.75, 3.05) is 13.1 Å². The minimum atomic E-state index is -0.105. The van der Waals surface area contributed by atoms with E-state index in [4.69, 9.17) is 11.6 Å². The van der Waals surface area contributed by atoms with Gasteiger partial charge in [-0.05, 0) is 49.6 Å². The maximum Gasteiger partial charge on any atom is 0.253 e. The first kappa shape index (κ1) is 17.3. The van der Waals surface area contributed by atoms with Gasteiger partial charge in [-0.3, -0.25) is 9.59 Å². The maximum absolute atomic E-state index is 12.8. The van der Waals surface area contributed by atoms with Crippen LogP contribution >= 0.6 is 11.6 Å². The summed E-state index contributed by atoms with van der Waals surface area (Å²) in [5, 5.41) is 4.40. The molecular formula is C22H20ClN3O2. The predicted octanol–water partition coefficient (Wildman–Crippen LogP) is 4.36. The summed E-state index contributed by atoms with van der Waals surface area (Å²) in [5.41, 5.74) is 4.79. The Kier molecular flexibility index (Phi) is 4.13. The molecule has 2 aromatic carbocycles. The highest BCUT2D eigenvalue weighted by atomic mass is 35.5. The van der Waals surface area contributed by atoms with Crippen LogP contribution in [0.5, 0.6) is 0 Å². The molecule has 5 nitrogen and oxygen atoms in total. The summed E-state index contributed by atoms with van der Waals surface area (Å²) in [7, 11) is 0. The number of nitrogens with one attached hydrogen (secondary N) is 2. The van der Waals surface area contributed by atoms with Gasteiger partial charge < -0.3 is 15.2 Å². The second-order valence-electron chi connectivity index (χ2n) is 7.47. The number of amides is 2. The number of benzene rings is 2. The van der Waals surface area contributed by atoms with Crippen molar-refractivity contribution in [1.29, 1.82) is 0 Å². The third-order valence-electron chi connectivity index (χ3n) is 5.71. The number of hydrogen-bond donors (Lipinski definition) is 2. The van der Waals surface area contributed by atoms with Crippen molar-refractivity contribution in [3.8, 4) is 11.3 Å². The van der Waals surface area contributed by atoms with Crippen molar-refractivity contribution in [3.63, 3.8) is 0 Å². The van der Waals surface area contributed by atoms with E-state index in [2.05, 4.69) is 10.3 Å². The third-order valence-corrected chi connectivity index (χ3v) is 6.06. The van der Waals surface area contributed by atoms with Crippen LogP contribution in [0.15, 0.2) is 36.4 Å². The number of aromatic amines is 1. The van der Waals surface area contributed by atoms with Gasteiger partial charge in [0.2, 0.25) is 0 Å². The van der Waals surface area contributed by atoms with Crippen molar-refractivity contribution in [2.45, 2.75) is 25.8 Å². The Labute approximate surface area is 167 Å². The fourth-order valence-electron chi connectivity index (χ4n) is 4.23. The van der Waals surface area contributed by atoms with Gasteiger partial charge in [0.15, 0.2) is 0 Å². The van der Waals surface area contributed by atoms with E-state index in [9.17, 15) is 9.59 Å². The number of likely N-dealkylation sites (tertiary alicyclic amines) is 1. The average Bonchev–Trinajstić information content (AvgIpc) is 3.32. The van der Waals surface area contributed by atoms with E-state index in [0.717, 1.165) is 53.7 Å². The van der Waals surface area contributed by atoms with E-state index in [1.54, 1.807) is 0 Å². The molecule has 0 bridgehead atoms. The Morgan fingerprint density at radius 1 is 1.04 bits per heavy atom. The van der Waals surface area contributed by atoms with Crippen LogP contribution in [0.4, 0.5) is 0 Å². The summed E-state index contributed by atoms with van der Waals surface area (Å²) >= 11 is 6.26. The molecular weight excluding hydrogens is 374 g/mol. The minimum absolute atomic E-state index is 0.0936. The van der Waals surface area contributed by atoms with E-state index < -0.39 is 0 Å². The lowest BCUT2D eigenvalue weighted by Gasteiger charge is -2.26. The predicted molar refractivity (Wildman–Crippen MR) is 110 cm³/mol. The summed E-state index contributed by atoms with van der Waals surface area (Å²) < 4.78 is 0. The zero-order valence-electron chi connectivity index (χ0n) is 15.3.